The molecule has 0 N–H and O–H groups in total. The second-order valence-electron chi connectivity index (χ2n) is 7.80. The van der Waals surface area contributed by atoms with Gasteiger partial charge in [0, 0.05) is 12.6 Å². The normalized spacial score (nSPS) is 18.6. The van der Waals surface area contributed by atoms with Gasteiger partial charge in [0.2, 0.25) is 0 Å². The highest BCUT2D eigenvalue weighted by atomic mass is 35.5. The molecule has 1 saturated carbocycles. The maximum Gasteiger partial charge on any atom is 0.397 e. The fraction of sp³-hybridized carbons (Fsp3) is 0.435. The highest BCUT2D eigenvalue weighted by Crippen LogP contribution is 2.49. The van der Waals surface area contributed by atoms with E-state index in [2.05, 4.69) is 0 Å². The van der Waals surface area contributed by atoms with Gasteiger partial charge in [-0.3, -0.25) is 14.5 Å². The Hall–Kier alpha value is -2.11. The molecule has 30 heavy (non-hydrogen) atoms. The summed E-state index contributed by atoms with van der Waals surface area (Å²) in [5, 5.41) is 1.08. The summed E-state index contributed by atoms with van der Waals surface area (Å²) in [6.07, 6.45) is 6.28. The fourth-order valence-electron chi connectivity index (χ4n) is 3.09. The molecule has 0 aromatic heterocycles. The molecule has 2 amide bonds. The highest BCUT2D eigenvalue weighted by molar-refractivity contribution is 6.42. The zero-order valence-electron chi connectivity index (χ0n) is 17.7. The molecule has 1 aliphatic carbocycles. The van der Waals surface area contributed by atoms with Crippen LogP contribution in [0.1, 0.15) is 45.6 Å². The van der Waals surface area contributed by atoms with Crippen molar-refractivity contribution in [1.82, 2.24) is 4.90 Å². The minimum absolute atomic E-state index is 0.0231. The lowest BCUT2D eigenvalue weighted by molar-refractivity contribution is -0.162. The predicted octanol–water partition coefficient (Wildman–Crippen LogP) is 5.17. The standard InChI is InChI=1S/C23H27Cl2NO4/c1-5-30-23(29)22(28)26(13-14(2)3)21(27)10-15(4)6-7-16-11-18(16)17-8-9-19(24)20(25)12-17/h6-10,12,14,16,18H,5,11,13H2,1-4H3/b7-6+,15-10+. The number of ether oxygens (including phenoxy) is 1. The van der Waals surface area contributed by atoms with Crippen LogP contribution >= 0.6 is 23.2 Å². The van der Waals surface area contributed by atoms with Crippen molar-refractivity contribution in [3.8, 4) is 0 Å². The van der Waals surface area contributed by atoms with E-state index < -0.39 is 17.8 Å². The van der Waals surface area contributed by atoms with Crippen molar-refractivity contribution >= 4 is 41.0 Å². The third-order valence-corrected chi connectivity index (χ3v) is 5.42. The molecule has 7 heteroatoms. The molecule has 0 bridgehead atoms. The van der Waals surface area contributed by atoms with Crippen molar-refractivity contribution in [1.29, 1.82) is 0 Å². The molecule has 1 aromatic carbocycles. The van der Waals surface area contributed by atoms with Crippen LogP contribution in [0.25, 0.3) is 0 Å². The van der Waals surface area contributed by atoms with E-state index in [1.54, 1.807) is 19.9 Å². The van der Waals surface area contributed by atoms with Crippen molar-refractivity contribution in [2.75, 3.05) is 13.2 Å². The maximum absolute atomic E-state index is 12.6. The number of allylic oxidation sites excluding steroid dienone is 3. The Morgan fingerprint density at radius 3 is 2.53 bits per heavy atom. The average molecular weight is 452 g/mol. The number of rotatable bonds is 7. The Balaban J connectivity index is 2.03. The molecule has 1 aliphatic rings. The van der Waals surface area contributed by atoms with Crippen LogP contribution in [-0.4, -0.2) is 35.8 Å². The number of imide groups is 1. The summed E-state index contributed by atoms with van der Waals surface area (Å²) in [4.78, 5) is 37.6. The van der Waals surface area contributed by atoms with Gasteiger partial charge in [0.25, 0.3) is 5.91 Å². The van der Waals surface area contributed by atoms with E-state index in [0.717, 1.165) is 16.9 Å². The van der Waals surface area contributed by atoms with Crippen LogP contribution in [0.5, 0.6) is 0 Å². The second kappa shape index (κ2) is 10.8. The Labute approximate surface area is 187 Å². The van der Waals surface area contributed by atoms with Crippen LogP contribution < -0.4 is 0 Å². The van der Waals surface area contributed by atoms with E-state index in [-0.39, 0.29) is 19.1 Å². The number of esters is 1. The number of halogens is 2. The van der Waals surface area contributed by atoms with Gasteiger partial charge >= 0.3 is 11.9 Å². The van der Waals surface area contributed by atoms with Crippen LogP contribution in [0.4, 0.5) is 0 Å². The molecule has 162 valence electrons. The Bertz CT molecular complexity index is 876. The van der Waals surface area contributed by atoms with E-state index in [9.17, 15) is 14.4 Å². The molecular weight excluding hydrogens is 425 g/mol. The van der Waals surface area contributed by atoms with Crippen molar-refractivity contribution in [2.24, 2.45) is 11.8 Å². The van der Waals surface area contributed by atoms with Crippen molar-refractivity contribution in [2.45, 2.75) is 40.0 Å². The third-order valence-electron chi connectivity index (χ3n) is 4.68. The number of amides is 2. The lowest BCUT2D eigenvalue weighted by atomic mass is 10.1. The van der Waals surface area contributed by atoms with Gasteiger partial charge in [0.05, 0.1) is 16.7 Å². The SMILES string of the molecule is CCOC(=O)C(=O)N(CC(C)C)C(=O)/C=C(C)/C=C/C1CC1c1ccc(Cl)c(Cl)c1. The Kier molecular flexibility index (Phi) is 8.68. The van der Waals surface area contributed by atoms with E-state index >= 15 is 0 Å². The van der Waals surface area contributed by atoms with Gasteiger partial charge in [-0.15, -0.1) is 0 Å². The predicted molar refractivity (Wildman–Crippen MR) is 118 cm³/mol. The maximum atomic E-state index is 12.6. The number of nitrogens with zero attached hydrogens (tertiary/aromatic N) is 1. The first kappa shape index (κ1) is 24.2. The molecule has 2 atom stereocenters. The highest BCUT2D eigenvalue weighted by Gasteiger charge is 2.36. The molecule has 0 saturated heterocycles. The summed E-state index contributed by atoms with van der Waals surface area (Å²) in [6.45, 7) is 7.35. The summed E-state index contributed by atoms with van der Waals surface area (Å²) >= 11 is 12.1. The molecule has 0 aliphatic heterocycles. The Morgan fingerprint density at radius 1 is 1.23 bits per heavy atom. The van der Waals surface area contributed by atoms with E-state index in [1.165, 1.54) is 6.08 Å². The lowest BCUT2D eigenvalue weighted by Gasteiger charge is -2.20. The first-order valence-corrected chi connectivity index (χ1v) is 10.7. The van der Waals surface area contributed by atoms with Crippen LogP contribution in [0.15, 0.2) is 42.0 Å². The lowest BCUT2D eigenvalue weighted by Crippen LogP contribution is -2.43. The molecule has 2 rings (SSSR count). The first-order valence-electron chi connectivity index (χ1n) is 9.98. The van der Waals surface area contributed by atoms with Crippen molar-refractivity contribution in [3.05, 3.63) is 57.6 Å². The van der Waals surface area contributed by atoms with Gasteiger partial charge in [0.1, 0.15) is 0 Å². The topological polar surface area (TPSA) is 63.7 Å². The summed E-state index contributed by atoms with van der Waals surface area (Å²) in [6, 6.07) is 5.66. The summed E-state index contributed by atoms with van der Waals surface area (Å²) < 4.78 is 4.74. The van der Waals surface area contributed by atoms with E-state index in [0.29, 0.717) is 27.5 Å². The molecule has 1 aromatic rings. The molecule has 2 unspecified atom stereocenters. The fourth-order valence-corrected chi connectivity index (χ4v) is 3.40. The Morgan fingerprint density at radius 2 is 1.93 bits per heavy atom. The van der Waals surface area contributed by atoms with Crippen LogP contribution in [-0.2, 0) is 19.1 Å². The third kappa shape index (κ3) is 6.71. The van der Waals surface area contributed by atoms with Crippen molar-refractivity contribution in [3.63, 3.8) is 0 Å². The first-order chi connectivity index (χ1) is 14.1. The monoisotopic (exact) mass is 451 g/mol. The molecule has 0 spiro atoms. The molecule has 1 fully saturated rings. The van der Waals surface area contributed by atoms with E-state index in [1.807, 2.05) is 38.1 Å². The zero-order chi connectivity index (χ0) is 22.4. The van der Waals surface area contributed by atoms with Gasteiger partial charge in [-0.05, 0) is 61.3 Å². The number of benzene rings is 1. The van der Waals surface area contributed by atoms with Gasteiger partial charge in [0.15, 0.2) is 0 Å². The van der Waals surface area contributed by atoms with Crippen LogP contribution in [0.2, 0.25) is 10.0 Å². The van der Waals surface area contributed by atoms with Crippen molar-refractivity contribution < 1.29 is 19.1 Å². The molecule has 0 heterocycles. The van der Waals surface area contributed by atoms with E-state index in [4.69, 9.17) is 27.9 Å². The van der Waals surface area contributed by atoms with Crippen LogP contribution in [0, 0.1) is 11.8 Å². The molecule has 5 nitrogen and oxygen atoms in total. The van der Waals surface area contributed by atoms with Gasteiger partial charge in [-0.1, -0.05) is 55.3 Å². The number of hydrogen-bond donors (Lipinski definition) is 0. The molecular formula is C23H27Cl2NO4. The largest absolute Gasteiger partial charge is 0.459 e. The number of hydrogen-bond acceptors (Lipinski definition) is 4. The minimum Gasteiger partial charge on any atom is -0.459 e. The summed E-state index contributed by atoms with van der Waals surface area (Å²) in [5.74, 6) is -1.73. The van der Waals surface area contributed by atoms with Gasteiger partial charge in [-0.2, -0.15) is 0 Å². The second-order valence-corrected chi connectivity index (χ2v) is 8.61. The average Bonchev–Trinajstić information content (AvgIpc) is 3.45. The number of carbonyl (C=O) groups is 3. The smallest absolute Gasteiger partial charge is 0.397 e. The quantitative estimate of drug-likeness (QED) is 0.248. The zero-order valence-corrected chi connectivity index (χ0v) is 19.2. The minimum atomic E-state index is -1.02. The number of carbonyl (C=O) groups excluding carboxylic acids is 3. The summed E-state index contributed by atoms with van der Waals surface area (Å²) in [5.41, 5.74) is 1.84. The van der Waals surface area contributed by atoms with Gasteiger partial charge in [-0.25, -0.2) is 4.79 Å². The molecule has 0 radical (unpaired) electrons. The summed E-state index contributed by atoms with van der Waals surface area (Å²) in [7, 11) is 0. The van der Waals surface area contributed by atoms with Crippen LogP contribution in [0.3, 0.4) is 0 Å². The van der Waals surface area contributed by atoms with Gasteiger partial charge < -0.3 is 4.74 Å².